The van der Waals surface area contributed by atoms with Crippen LogP contribution >= 0.6 is 0 Å². The number of aryl methyl sites for hydroxylation is 4. The number of nitrogens with one attached hydrogen (secondary N) is 5. The van der Waals surface area contributed by atoms with Crippen molar-refractivity contribution in [2.45, 2.75) is 62.5 Å². The van der Waals surface area contributed by atoms with Crippen molar-refractivity contribution in [3.63, 3.8) is 0 Å². The average molecular weight is 930 g/mol. The molecule has 0 spiro atoms. The second-order valence-electron chi connectivity index (χ2n) is 14.8. The van der Waals surface area contributed by atoms with Crippen LogP contribution in [0.25, 0.3) is 10.9 Å². The normalized spacial score (nSPS) is 12.3. The highest BCUT2D eigenvalue weighted by Crippen LogP contribution is 2.29. The van der Waals surface area contributed by atoms with Crippen LogP contribution in [-0.2, 0) is 38.0 Å². The lowest BCUT2D eigenvalue weighted by molar-refractivity contribution is -0.138. The number of sulfonamides is 1. The lowest BCUT2D eigenvalue weighted by Crippen LogP contribution is -2.48. The van der Waals surface area contributed by atoms with E-state index in [0.29, 0.717) is 59.7 Å². The van der Waals surface area contributed by atoms with Crippen LogP contribution in [0.2, 0.25) is 0 Å². The molecule has 1 unspecified atom stereocenters. The van der Waals surface area contributed by atoms with E-state index in [-0.39, 0.29) is 52.0 Å². The molecular formula is C42H47N11O10S2. The largest absolute Gasteiger partial charge is 0.491 e. The van der Waals surface area contributed by atoms with E-state index in [2.05, 4.69) is 51.0 Å². The summed E-state index contributed by atoms with van der Waals surface area (Å²) in [6.45, 7) is 5.70. The summed E-state index contributed by atoms with van der Waals surface area (Å²) in [4.78, 5) is 49.6. The Balaban J connectivity index is 1.08. The van der Waals surface area contributed by atoms with E-state index in [1.54, 1.807) is 61.4 Å². The molecule has 6 aromatic rings. The Kier molecular flexibility index (Phi) is 15.4. The molecule has 0 aliphatic heterocycles. The molecule has 342 valence electrons. The number of amides is 2. The summed E-state index contributed by atoms with van der Waals surface area (Å²) in [6.07, 6.45) is 7.20. The highest BCUT2D eigenvalue weighted by molar-refractivity contribution is 7.89. The van der Waals surface area contributed by atoms with Crippen LogP contribution < -0.4 is 25.4 Å². The molecule has 1 atom stereocenters. The number of carbonyl (C=O) groups is 3. The monoisotopic (exact) mass is 929 g/mol. The van der Waals surface area contributed by atoms with Gasteiger partial charge in [0.05, 0.1) is 34.7 Å². The van der Waals surface area contributed by atoms with Gasteiger partial charge in [0.2, 0.25) is 10.0 Å². The number of benzene rings is 3. The van der Waals surface area contributed by atoms with Gasteiger partial charge in [-0.25, -0.2) is 18.4 Å². The third-order valence-corrected chi connectivity index (χ3v) is 12.5. The average Bonchev–Trinajstić information content (AvgIpc) is 3.93. The Morgan fingerprint density at radius 2 is 1.65 bits per heavy atom. The summed E-state index contributed by atoms with van der Waals surface area (Å²) < 4.78 is 69.5. The second kappa shape index (κ2) is 21.1. The first-order chi connectivity index (χ1) is 31.0. The maximum absolute atomic E-state index is 13.6. The van der Waals surface area contributed by atoms with E-state index in [1.807, 2.05) is 6.92 Å². The number of nitrogens with zero attached hydrogens (tertiary/aromatic N) is 6. The molecule has 21 nitrogen and oxygen atoms in total. The van der Waals surface area contributed by atoms with Crippen molar-refractivity contribution in [1.82, 2.24) is 40.1 Å². The molecule has 2 amide bonds. The van der Waals surface area contributed by atoms with Gasteiger partial charge in [0, 0.05) is 55.7 Å². The van der Waals surface area contributed by atoms with Gasteiger partial charge in [0.1, 0.15) is 17.3 Å². The van der Waals surface area contributed by atoms with Crippen molar-refractivity contribution in [1.29, 1.82) is 0 Å². The molecule has 0 radical (unpaired) electrons. The van der Waals surface area contributed by atoms with Crippen molar-refractivity contribution >= 4 is 60.6 Å². The number of hydrogen-bond donors (Lipinski definition) is 7. The molecule has 0 aliphatic carbocycles. The summed E-state index contributed by atoms with van der Waals surface area (Å²) in [6, 6.07) is 13.5. The Bertz CT molecular complexity index is 2900. The number of azo groups is 1. The number of aromatic nitrogens is 5. The van der Waals surface area contributed by atoms with Crippen molar-refractivity contribution < 1.29 is 45.6 Å². The number of fused-ring (bicyclic) bond motifs is 1. The predicted octanol–water partition coefficient (Wildman–Crippen LogP) is 4.47. The number of rotatable bonds is 22. The molecular weight excluding hydrogens is 883 g/mol. The number of carbonyl (C=O) groups excluding carboxylic acids is 2. The standard InChI is InChI=1S/C42H47N11O10S2/c1-26-18-27(2)38(28(3)19-26)64(58,59)52-33(41(56)57)25-48-40(55)31-20-32-24-50-53(16-6-12-44-42-45-14-15-46-42)37(32)34(21-31)63-17-7-13-43-39(54)30-10-11-36(47-22-30)51-49-23-29-8-4-5-9-35(29)65(60,61)62/h4-5,8-11,14-15,18-22,24,33,52H,6-7,12-13,16-17,23,25H2,1-3H3,(H,43,54)(H,48,55)(H,56,57)(H2,44,45,46)(H,60,61,62). The van der Waals surface area contributed by atoms with E-state index < -0.39 is 50.5 Å². The van der Waals surface area contributed by atoms with E-state index in [1.165, 1.54) is 42.6 Å². The number of H-pyrrole nitrogens is 1. The number of carboxylic acids is 1. The zero-order valence-corrected chi connectivity index (χ0v) is 37.1. The van der Waals surface area contributed by atoms with Gasteiger partial charge in [-0.2, -0.15) is 23.4 Å². The maximum Gasteiger partial charge on any atom is 0.323 e. The number of ether oxygens (including phenoxy) is 1. The number of anilines is 1. The summed E-state index contributed by atoms with van der Waals surface area (Å²) in [5.41, 5.74) is 2.94. The Morgan fingerprint density at radius 3 is 2.34 bits per heavy atom. The minimum Gasteiger partial charge on any atom is -0.491 e. The minimum atomic E-state index is -4.44. The summed E-state index contributed by atoms with van der Waals surface area (Å²) >= 11 is 0. The molecule has 3 aromatic heterocycles. The Labute approximate surface area is 373 Å². The highest BCUT2D eigenvalue weighted by Gasteiger charge is 2.29. The summed E-state index contributed by atoms with van der Waals surface area (Å²) in [5, 5.41) is 31.5. The first kappa shape index (κ1) is 47.4. The van der Waals surface area contributed by atoms with Crippen LogP contribution in [0, 0.1) is 20.8 Å². The molecule has 65 heavy (non-hydrogen) atoms. The van der Waals surface area contributed by atoms with E-state index in [9.17, 15) is 40.9 Å². The fourth-order valence-corrected chi connectivity index (χ4v) is 9.28. The van der Waals surface area contributed by atoms with Gasteiger partial charge in [-0.15, -0.1) is 5.11 Å². The highest BCUT2D eigenvalue weighted by atomic mass is 32.2. The van der Waals surface area contributed by atoms with E-state index in [4.69, 9.17) is 4.74 Å². The molecule has 3 heterocycles. The van der Waals surface area contributed by atoms with Gasteiger partial charge in [-0.1, -0.05) is 35.9 Å². The van der Waals surface area contributed by atoms with Crippen LogP contribution in [0.4, 0.5) is 11.8 Å². The molecule has 0 aliphatic rings. The predicted molar refractivity (Wildman–Crippen MR) is 237 cm³/mol. The van der Waals surface area contributed by atoms with Gasteiger partial charge in [-0.05, 0) is 80.6 Å². The lowest BCUT2D eigenvalue weighted by atomic mass is 10.1. The second-order valence-corrected chi connectivity index (χ2v) is 17.8. The van der Waals surface area contributed by atoms with Crippen molar-refractivity contribution in [2.75, 3.05) is 31.6 Å². The first-order valence-corrected chi connectivity index (χ1v) is 23.1. The molecule has 3 aromatic carbocycles. The van der Waals surface area contributed by atoms with Crippen LogP contribution in [0.15, 0.2) is 105 Å². The van der Waals surface area contributed by atoms with E-state index in [0.717, 1.165) is 5.56 Å². The fraction of sp³-hybridized carbons (Fsp3) is 0.286. The SMILES string of the molecule is Cc1cc(C)c(S(=O)(=O)NC(CNC(=O)c2cc(OCCCNC(=O)c3ccc(N=NCc4ccccc4S(=O)(=O)O)nc3)c3c(cnn3CCCNc3ncc[nH]3)c2)C(=O)O)c(C)c1. The Morgan fingerprint density at radius 1 is 0.892 bits per heavy atom. The van der Waals surface area contributed by atoms with Gasteiger partial charge in [-0.3, -0.25) is 23.6 Å². The number of hydrogen-bond acceptors (Lipinski definition) is 14. The number of imidazole rings is 1. The van der Waals surface area contributed by atoms with Crippen molar-refractivity contribution in [3.05, 3.63) is 119 Å². The van der Waals surface area contributed by atoms with Crippen LogP contribution in [0.3, 0.4) is 0 Å². The molecule has 23 heteroatoms. The minimum absolute atomic E-state index is 0.0323. The number of carboxylic acid groups (broad SMARTS) is 1. The van der Waals surface area contributed by atoms with E-state index >= 15 is 0 Å². The van der Waals surface area contributed by atoms with Gasteiger partial charge in [0.15, 0.2) is 11.8 Å². The topological polar surface area (TPSA) is 301 Å². The van der Waals surface area contributed by atoms with Crippen molar-refractivity contribution in [3.8, 4) is 5.75 Å². The summed E-state index contributed by atoms with van der Waals surface area (Å²) in [7, 11) is -8.72. The third kappa shape index (κ3) is 12.6. The number of pyridine rings is 1. The van der Waals surface area contributed by atoms with Crippen molar-refractivity contribution in [2.24, 2.45) is 10.2 Å². The molecule has 0 bridgehead atoms. The number of aromatic amines is 1. The van der Waals surface area contributed by atoms with Crippen LogP contribution in [-0.4, -0.2) is 101 Å². The van der Waals surface area contributed by atoms with Gasteiger partial charge in [0.25, 0.3) is 21.9 Å². The van der Waals surface area contributed by atoms with Crippen LogP contribution in [0.1, 0.15) is 55.8 Å². The maximum atomic E-state index is 13.6. The fourth-order valence-electron chi connectivity index (χ4n) is 6.92. The quantitative estimate of drug-likeness (QED) is 0.0281. The zero-order valence-electron chi connectivity index (χ0n) is 35.5. The smallest absolute Gasteiger partial charge is 0.323 e. The first-order valence-electron chi connectivity index (χ1n) is 20.1. The molecule has 7 N–H and O–H groups in total. The summed E-state index contributed by atoms with van der Waals surface area (Å²) in [5.74, 6) is -1.50. The number of aliphatic carboxylic acids is 1. The van der Waals surface area contributed by atoms with Gasteiger partial charge >= 0.3 is 5.97 Å². The Hall–Kier alpha value is -7.08. The molecule has 0 fully saturated rings. The molecule has 0 saturated heterocycles. The molecule has 0 saturated carbocycles. The van der Waals surface area contributed by atoms with Gasteiger partial charge < -0.3 is 30.8 Å². The lowest BCUT2D eigenvalue weighted by Gasteiger charge is -2.18. The third-order valence-electron chi connectivity index (χ3n) is 9.77. The molecule has 6 rings (SSSR count). The zero-order chi connectivity index (χ0) is 46.7. The van der Waals surface area contributed by atoms with Crippen LogP contribution in [0.5, 0.6) is 5.75 Å².